The largest absolute Gasteiger partial charge is 1.00 e. The monoisotopic (exact) mass is 527 g/mol. The van der Waals surface area contributed by atoms with Crippen molar-refractivity contribution in [2.24, 2.45) is 10.2 Å². The Hall–Kier alpha value is -1.80. The molecule has 0 saturated heterocycles. The van der Waals surface area contributed by atoms with E-state index in [4.69, 9.17) is 0 Å². The first kappa shape index (κ1) is 28.2. The van der Waals surface area contributed by atoms with E-state index in [0.717, 1.165) is 4.68 Å². The van der Waals surface area contributed by atoms with Crippen molar-refractivity contribution in [2.45, 2.75) is 16.7 Å². The van der Waals surface area contributed by atoms with Crippen molar-refractivity contribution in [2.75, 3.05) is 0 Å². The summed E-state index contributed by atoms with van der Waals surface area (Å²) in [6.07, 6.45) is 0. The van der Waals surface area contributed by atoms with Crippen LogP contribution >= 0.6 is 0 Å². The fraction of sp³-hybridized carbons (Fsp3) is 0.0625. The van der Waals surface area contributed by atoms with E-state index in [-0.39, 0.29) is 64.4 Å². The number of rotatable bonds is 5. The van der Waals surface area contributed by atoms with Crippen molar-refractivity contribution in [3.8, 4) is 17.3 Å². The normalized spacial score (nSPS) is 11.7. The predicted molar refractivity (Wildman–Crippen MR) is 98.2 cm³/mol. The number of hydrogen-bond donors (Lipinski definition) is 2. The van der Waals surface area contributed by atoms with E-state index in [1.807, 2.05) is 0 Å². The summed E-state index contributed by atoms with van der Waals surface area (Å²) >= 11 is 0. The van der Waals surface area contributed by atoms with Crippen molar-refractivity contribution >= 4 is 31.6 Å². The molecule has 0 aliphatic carbocycles. The van der Waals surface area contributed by atoms with Crippen LogP contribution in [0.2, 0.25) is 0 Å². The molecule has 164 valence electrons. The molecule has 0 aliphatic heterocycles. The first-order valence-corrected chi connectivity index (χ1v) is 10.8. The second-order valence-corrected chi connectivity index (χ2v) is 8.63. The van der Waals surface area contributed by atoms with Gasteiger partial charge in [-0.25, -0.2) is 16.8 Å². The molecule has 1 heterocycles. The van der Waals surface area contributed by atoms with Gasteiger partial charge in [0, 0.05) is 17.4 Å². The summed E-state index contributed by atoms with van der Waals surface area (Å²) in [7, 11) is -10.5. The molecule has 0 aliphatic rings. The van der Waals surface area contributed by atoms with Crippen molar-refractivity contribution in [1.82, 2.24) is 9.78 Å². The molecule has 2 aromatic carbocycles. The Bertz CT molecular complexity index is 1380. The number of phenols is 1. The molecule has 16 heteroatoms. The summed E-state index contributed by atoms with van der Waals surface area (Å²) in [6.45, 7) is 1.47. The van der Waals surface area contributed by atoms with Gasteiger partial charge in [-0.05, 0) is 31.2 Å². The number of phenolic OH excluding ortho intramolecular Hbond substituents is 1. The zero-order valence-electron chi connectivity index (χ0n) is 16.4. The molecule has 0 bridgehead atoms. The van der Waals surface area contributed by atoms with E-state index in [1.54, 1.807) is 30.3 Å². The van der Waals surface area contributed by atoms with Crippen LogP contribution in [0.15, 0.2) is 62.5 Å². The predicted octanol–water partition coefficient (Wildman–Crippen LogP) is -1.18. The molecule has 3 rings (SSSR count). The molecule has 3 aromatic rings. The van der Waals surface area contributed by atoms with Crippen molar-refractivity contribution in [1.29, 1.82) is 0 Å². The number of nitrogens with zero attached hydrogens (tertiary/aromatic N) is 4. The van der Waals surface area contributed by atoms with Gasteiger partial charge in [0.05, 0.1) is 21.2 Å². The minimum Gasteiger partial charge on any atom is -0.744 e. The van der Waals surface area contributed by atoms with Crippen molar-refractivity contribution < 1.29 is 83.1 Å². The van der Waals surface area contributed by atoms with E-state index in [0.29, 0.717) is 11.8 Å². The molecule has 12 nitrogen and oxygen atoms in total. The molecule has 32 heavy (non-hydrogen) atoms. The average Bonchev–Trinajstić information content (AvgIpc) is 2.93. The smallest absolute Gasteiger partial charge is 0.744 e. The molecule has 2 N–H and O–H groups in total. The minimum atomic E-state index is -5.34. The van der Waals surface area contributed by atoms with Gasteiger partial charge in [-0.2, -0.15) is 9.78 Å². The fourth-order valence-electron chi connectivity index (χ4n) is 2.46. The molecule has 0 saturated carbocycles. The second-order valence-electron chi connectivity index (χ2n) is 5.90. The first-order chi connectivity index (χ1) is 13.9. The maximum absolute atomic E-state index is 11.3. The van der Waals surface area contributed by atoms with Gasteiger partial charge in [0.25, 0.3) is 0 Å². The molecule has 0 amide bonds. The Kier molecular flexibility index (Phi) is 9.20. The topological polar surface area (TPSA) is 197 Å². The Morgan fingerprint density at radius 1 is 0.969 bits per heavy atom. The summed E-state index contributed by atoms with van der Waals surface area (Å²) in [4.78, 5) is -2.46. The van der Waals surface area contributed by atoms with Gasteiger partial charge in [-0.1, -0.05) is 18.2 Å². The Balaban J connectivity index is 0.00000256. The molecule has 0 atom stereocenters. The van der Waals surface area contributed by atoms with Crippen LogP contribution < -0.4 is 29.6 Å². The van der Waals surface area contributed by atoms with Gasteiger partial charge < -0.3 is 19.3 Å². The van der Waals surface area contributed by atoms with Crippen LogP contribution in [-0.2, 0) is 37.6 Å². The number of aromatic nitrogens is 2. The Morgan fingerprint density at radius 3 is 2.09 bits per heavy atom. The summed E-state index contributed by atoms with van der Waals surface area (Å²) in [5.74, 6) is -1.65. The summed E-state index contributed by atoms with van der Waals surface area (Å²) in [5.41, 5.74) is -0.293. The molecule has 1 aromatic heterocycles. The van der Waals surface area contributed by atoms with Crippen LogP contribution in [0.4, 0.5) is 11.4 Å². The number of azo groups is 1. The summed E-state index contributed by atoms with van der Waals surface area (Å²) in [6, 6.07) is 9.22. The maximum atomic E-state index is 11.3. The van der Waals surface area contributed by atoms with Crippen LogP contribution in [0.25, 0.3) is 5.69 Å². The van der Waals surface area contributed by atoms with Crippen LogP contribution in [-0.4, -0.2) is 45.9 Å². The summed E-state index contributed by atoms with van der Waals surface area (Å²) < 4.78 is 68.8. The number of hydrogen-bond acceptors (Lipinski definition) is 11. The zero-order valence-corrected chi connectivity index (χ0v) is 21.3. The third-order valence-corrected chi connectivity index (χ3v) is 5.51. The molecule has 0 radical (unpaired) electrons. The first-order valence-electron chi connectivity index (χ1n) is 7.94. The quantitative estimate of drug-likeness (QED) is 0.233. The second kappa shape index (κ2) is 10.4. The third kappa shape index (κ3) is 5.95. The Morgan fingerprint density at radius 2 is 1.56 bits per heavy atom. The zero-order chi connectivity index (χ0) is 22.3. The van der Waals surface area contributed by atoms with Crippen LogP contribution in [0.3, 0.4) is 0 Å². The van der Waals surface area contributed by atoms with E-state index >= 15 is 0 Å². The minimum absolute atomic E-state index is 0. The van der Waals surface area contributed by atoms with E-state index in [1.165, 1.54) is 6.92 Å². The SMILES string of the molecule is Cc1nn(-c2ccccc2)c(O)c1N=Nc1cc(S(=O)(=O)[O-])cc(S(=O)(=O)[O-])c1O.[Cr].[Na+]. The van der Waals surface area contributed by atoms with Crippen LogP contribution in [0.1, 0.15) is 5.69 Å². The molecular formula is C16H12CrN4NaO8S2-. The van der Waals surface area contributed by atoms with Gasteiger partial charge in [-0.15, -0.1) is 10.2 Å². The fourth-order valence-corrected chi connectivity index (χ4v) is 3.66. The third-order valence-electron chi connectivity index (χ3n) is 3.85. The number of para-hydroxylation sites is 1. The number of aryl methyl sites for hydroxylation is 1. The van der Waals surface area contributed by atoms with E-state index in [2.05, 4.69) is 15.3 Å². The van der Waals surface area contributed by atoms with Gasteiger partial charge in [0.15, 0.2) is 11.4 Å². The summed E-state index contributed by atoms with van der Waals surface area (Å²) in [5, 5.41) is 31.6. The van der Waals surface area contributed by atoms with Gasteiger partial charge >= 0.3 is 29.6 Å². The van der Waals surface area contributed by atoms with Gasteiger partial charge in [0.1, 0.15) is 25.9 Å². The molecular weight excluding hydrogens is 515 g/mol. The maximum Gasteiger partial charge on any atom is 1.00 e. The number of aromatic hydroxyl groups is 2. The molecule has 0 unspecified atom stereocenters. The molecule has 0 fully saturated rings. The standard InChI is InChI=1S/C16H14N4O8S2.Cr.Na/c1-9-14(16(22)20(19-9)10-5-3-2-4-6-10)18-17-12-7-11(29(23,24)25)8-13(15(12)21)30(26,27)28;;/h2-8,21-22H,1H3,(H,23,24,25)(H,26,27,28);;/q;;+1/p-2. The van der Waals surface area contributed by atoms with Crippen molar-refractivity contribution in [3.63, 3.8) is 0 Å². The Labute approximate surface area is 215 Å². The van der Waals surface area contributed by atoms with E-state index in [9.17, 15) is 36.2 Å². The van der Waals surface area contributed by atoms with Crippen LogP contribution in [0, 0.1) is 6.92 Å². The van der Waals surface area contributed by atoms with Crippen molar-refractivity contribution in [3.05, 3.63) is 48.2 Å². The van der Waals surface area contributed by atoms with Gasteiger partial charge in [0.2, 0.25) is 5.88 Å². The number of benzene rings is 2. The van der Waals surface area contributed by atoms with E-state index < -0.39 is 47.3 Å². The van der Waals surface area contributed by atoms with Gasteiger partial charge in [-0.3, -0.25) is 0 Å². The van der Waals surface area contributed by atoms with Crippen LogP contribution in [0.5, 0.6) is 11.6 Å². The molecule has 0 spiro atoms. The average molecular weight is 527 g/mol.